The fourth-order valence-corrected chi connectivity index (χ4v) is 3.17. The van der Waals surface area contributed by atoms with Gasteiger partial charge in [0, 0.05) is 6.54 Å². The first-order valence-electron chi connectivity index (χ1n) is 10.5. The number of anilines is 1. The van der Waals surface area contributed by atoms with Gasteiger partial charge in [0.25, 0.3) is 11.8 Å². The molecule has 31 heavy (non-hydrogen) atoms. The summed E-state index contributed by atoms with van der Waals surface area (Å²) in [6, 6.07) is 24.5. The van der Waals surface area contributed by atoms with Gasteiger partial charge < -0.3 is 15.4 Å². The van der Waals surface area contributed by atoms with Crippen molar-refractivity contribution in [2.24, 2.45) is 0 Å². The normalized spacial score (nSPS) is 11.4. The highest BCUT2D eigenvalue weighted by Gasteiger charge is 2.21. The van der Waals surface area contributed by atoms with Crippen LogP contribution in [0.2, 0.25) is 0 Å². The molecule has 0 spiro atoms. The topological polar surface area (TPSA) is 67.4 Å². The molecule has 0 aliphatic carbocycles. The molecule has 0 saturated carbocycles. The van der Waals surface area contributed by atoms with Crippen molar-refractivity contribution in [3.05, 3.63) is 95.6 Å². The molecule has 0 fully saturated rings. The van der Waals surface area contributed by atoms with Crippen LogP contribution in [0.15, 0.2) is 78.9 Å². The number of aryl methyl sites for hydroxylation is 1. The molecule has 0 aliphatic heterocycles. The van der Waals surface area contributed by atoms with Gasteiger partial charge in [0.2, 0.25) is 0 Å². The van der Waals surface area contributed by atoms with Gasteiger partial charge >= 0.3 is 0 Å². The molecule has 0 radical (unpaired) electrons. The minimum atomic E-state index is -0.656. The van der Waals surface area contributed by atoms with Crippen LogP contribution in [0.1, 0.15) is 34.8 Å². The van der Waals surface area contributed by atoms with Crippen LogP contribution in [-0.2, 0) is 11.2 Å². The Bertz CT molecular complexity index is 1000. The smallest absolute Gasteiger partial charge is 0.265 e. The third kappa shape index (κ3) is 6.44. The zero-order valence-corrected chi connectivity index (χ0v) is 17.9. The molecule has 2 N–H and O–H groups in total. The molecule has 0 heterocycles. The standard InChI is InChI=1S/C26H28N2O3/c1-3-24(31-21-15-13-19(2)14-16-21)26(30)28-23-12-8-7-11-22(23)25(29)27-18-17-20-9-5-4-6-10-20/h4-16,24H,3,17-18H2,1-2H3,(H,27,29)(H,28,30). The highest BCUT2D eigenvalue weighted by Crippen LogP contribution is 2.18. The molecule has 2 amide bonds. The van der Waals surface area contributed by atoms with Crippen molar-refractivity contribution in [1.82, 2.24) is 5.32 Å². The first kappa shape index (κ1) is 22.1. The monoisotopic (exact) mass is 416 g/mol. The predicted molar refractivity (Wildman–Crippen MR) is 123 cm³/mol. The van der Waals surface area contributed by atoms with E-state index in [-0.39, 0.29) is 11.8 Å². The molecule has 3 aromatic carbocycles. The third-order valence-corrected chi connectivity index (χ3v) is 4.93. The SMILES string of the molecule is CCC(Oc1ccc(C)cc1)C(=O)Nc1ccccc1C(=O)NCCc1ccccc1. The molecule has 5 nitrogen and oxygen atoms in total. The summed E-state index contributed by atoms with van der Waals surface area (Å²) in [6.07, 6.45) is 0.589. The van der Waals surface area contributed by atoms with Gasteiger partial charge in [-0.25, -0.2) is 0 Å². The molecule has 0 aliphatic rings. The van der Waals surface area contributed by atoms with E-state index < -0.39 is 6.10 Å². The summed E-state index contributed by atoms with van der Waals surface area (Å²) in [5.74, 6) is 0.131. The molecule has 160 valence electrons. The van der Waals surface area contributed by atoms with Gasteiger partial charge in [-0.2, -0.15) is 0 Å². The van der Waals surface area contributed by atoms with Gasteiger partial charge in [-0.1, -0.05) is 67.1 Å². The number of carbonyl (C=O) groups is 2. The van der Waals surface area contributed by atoms with E-state index in [9.17, 15) is 9.59 Å². The molecule has 1 atom stereocenters. The van der Waals surface area contributed by atoms with Crippen LogP contribution in [0.4, 0.5) is 5.69 Å². The number of hydrogen-bond acceptors (Lipinski definition) is 3. The van der Waals surface area contributed by atoms with Crippen molar-refractivity contribution in [2.75, 3.05) is 11.9 Å². The molecular weight excluding hydrogens is 388 g/mol. The van der Waals surface area contributed by atoms with Crippen LogP contribution in [0, 0.1) is 6.92 Å². The molecular formula is C26H28N2O3. The van der Waals surface area contributed by atoms with E-state index >= 15 is 0 Å². The first-order chi connectivity index (χ1) is 15.1. The molecule has 3 rings (SSSR count). The van der Waals surface area contributed by atoms with Crippen LogP contribution in [0.5, 0.6) is 5.75 Å². The van der Waals surface area contributed by atoms with E-state index in [1.807, 2.05) is 68.4 Å². The minimum absolute atomic E-state index is 0.223. The van der Waals surface area contributed by atoms with Crippen LogP contribution < -0.4 is 15.4 Å². The van der Waals surface area contributed by atoms with Crippen molar-refractivity contribution in [3.8, 4) is 5.75 Å². The van der Waals surface area contributed by atoms with E-state index in [4.69, 9.17) is 4.74 Å². The van der Waals surface area contributed by atoms with Crippen LogP contribution in [0.3, 0.4) is 0 Å². The third-order valence-electron chi connectivity index (χ3n) is 4.93. The number of benzene rings is 3. The van der Waals surface area contributed by atoms with E-state index in [2.05, 4.69) is 10.6 Å². The summed E-state index contributed by atoms with van der Waals surface area (Å²) in [5, 5.41) is 5.79. The van der Waals surface area contributed by atoms with Crippen molar-refractivity contribution < 1.29 is 14.3 Å². The molecule has 5 heteroatoms. The second kappa shape index (κ2) is 11.0. The lowest BCUT2D eigenvalue weighted by molar-refractivity contribution is -0.122. The Labute approximate surface area is 183 Å². The summed E-state index contributed by atoms with van der Waals surface area (Å²) in [6.45, 7) is 4.40. The Hall–Kier alpha value is -3.60. The lowest BCUT2D eigenvalue weighted by atomic mass is 10.1. The van der Waals surface area contributed by atoms with Crippen molar-refractivity contribution in [3.63, 3.8) is 0 Å². The van der Waals surface area contributed by atoms with Gasteiger partial charge in [0.1, 0.15) is 5.75 Å². The minimum Gasteiger partial charge on any atom is -0.481 e. The number of nitrogens with one attached hydrogen (secondary N) is 2. The van der Waals surface area contributed by atoms with Gasteiger partial charge in [-0.3, -0.25) is 9.59 Å². The van der Waals surface area contributed by atoms with Gasteiger partial charge in [-0.15, -0.1) is 0 Å². The summed E-state index contributed by atoms with van der Waals surface area (Å²) in [5.41, 5.74) is 3.17. The van der Waals surface area contributed by atoms with Crippen LogP contribution >= 0.6 is 0 Å². The Balaban J connectivity index is 1.62. The molecule has 0 bridgehead atoms. The average molecular weight is 417 g/mol. The van der Waals surface area contributed by atoms with Crippen LogP contribution in [-0.4, -0.2) is 24.5 Å². The van der Waals surface area contributed by atoms with E-state index in [0.717, 1.165) is 17.5 Å². The fraction of sp³-hybridized carbons (Fsp3) is 0.231. The second-order valence-corrected chi connectivity index (χ2v) is 7.35. The Kier molecular flexibility index (Phi) is 7.82. The van der Waals surface area contributed by atoms with Gasteiger partial charge in [-0.05, 0) is 49.6 Å². The maximum Gasteiger partial charge on any atom is 0.265 e. The lowest BCUT2D eigenvalue weighted by Crippen LogP contribution is -2.33. The van der Waals surface area contributed by atoms with E-state index in [1.165, 1.54) is 0 Å². The van der Waals surface area contributed by atoms with Crippen molar-refractivity contribution >= 4 is 17.5 Å². The van der Waals surface area contributed by atoms with Gasteiger partial charge in [0.05, 0.1) is 11.3 Å². The number of carbonyl (C=O) groups excluding carboxylic acids is 2. The Morgan fingerprint density at radius 2 is 1.58 bits per heavy atom. The zero-order valence-electron chi connectivity index (χ0n) is 17.9. The van der Waals surface area contributed by atoms with Crippen molar-refractivity contribution in [2.45, 2.75) is 32.8 Å². The highest BCUT2D eigenvalue weighted by molar-refractivity contribution is 6.04. The summed E-state index contributed by atoms with van der Waals surface area (Å²) in [7, 11) is 0. The highest BCUT2D eigenvalue weighted by atomic mass is 16.5. The summed E-state index contributed by atoms with van der Waals surface area (Å²) in [4.78, 5) is 25.5. The van der Waals surface area contributed by atoms with E-state index in [0.29, 0.717) is 30.0 Å². The maximum atomic E-state index is 12.8. The largest absolute Gasteiger partial charge is 0.481 e. The summed E-state index contributed by atoms with van der Waals surface area (Å²) < 4.78 is 5.85. The molecule has 0 saturated heterocycles. The molecule has 0 aromatic heterocycles. The number of hydrogen-bond donors (Lipinski definition) is 2. The van der Waals surface area contributed by atoms with Crippen LogP contribution in [0.25, 0.3) is 0 Å². The van der Waals surface area contributed by atoms with Crippen molar-refractivity contribution in [1.29, 1.82) is 0 Å². The average Bonchev–Trinajstić information content (AvgIpc) is 2.79. The predicted octanol–water partition coefficient (Wildman–Crippen LogP) is 4.76. The Morgan fingerprint density at radius 1 is 0.903 bits per heavy atom. The number of para-hydroxylation sites is 1. The first-order valence-corrected chi connectivity index (χ1v) is 10.5. The number of rotatable bonds is 9. The number of amides is 2. The summed E-state index contributed by atoms with van der Waals surface area (Å²) >= 11 is 0. The molecule has 3 aromatic rings. The van der Waals surface area contributed by atoms with E-state index in [1.54, 1.807) is 24.3 Å². The quantitative estimate of drug-likeness (QED) is 0.528. The Morgan fingerprint density at radius 3 is 2.29 bits per heavy atom. The zero-order chi connectivity index (χ0) is 22.1. The van der Waals surface area contributed by atoms with Gasteiger partial charge in [0.15, 0.2) is 6.10 Å². The second-order valence-electron chi connectivity index (χ2n) is 7.35. The number of ether oxygens (including phenoxy) is 1. The lowest BCUT2D eigenvalue weighted by Gasteiger charge is -2.18. The molecule has 1 unspecified atom stereocenters. The maximum absolute atomic E-state index is 12.8. The fourth-order valence-electron chi connectivity index (χ4n) is 3.17.